The second kappa shape index (κ2) is 8.25. The van der Waals surface area contributed by atoms with Gasteiger partial charge in [-0.05, 0) is 12.1 Å². The lowest BCUT2D eigenvalue weighted by Crippen LogP contribution is -2.32. The van der Waals surface area contributed by atoms with Crippen LogP contribution >= 0.6 is 0 Å². The molecule has 0 radical (unpaired) electrons. The third kappa shape index (κ3) is 7.46. The third-order valence-corrected chi connectivity index (χ3v) is 2.84. The lowest BCUT2D eigenvalue weighted by molar-refractivity contribution is -0.146. The lowest BCUT2D eigenvalue weighted by atomic mass is 10.2. The molecular weight excluding hydrogens is 290 g/mol. The number of hydrogen-bond donors (Lipinski definition) is 3. The van der Waals surface area contributed by atoms with E-state index in [0.717, 1.165) is 0 Å². The Bertz CT molecular complexity index is 541. The highest BCUT2D eigenvalue weighted by atomic mass is 32.2. The summed E-state index contributed by atoms with van der Waals surface area (Å²) in [6, 6.07) is 6.26. The van der Waals surface area contributed by atoms with Gasteiger partial charge in [-0.15, -0.1) is 0 Å². The molecule has 0 amide bonds. The average molecular weight is 305 g/mol. The highest BCUT2D eigenvalue weighted by Crippen LogP contribution is 2.05. The number of methoxy groups -OCH3 is 1. The summed E-state index contributed by atoms with van der Waals surface area (Å²) < 4.78 is 33.4. The molecule has 1 atom stereocenters. The molecule has 1 aromatic rings. The third-order valence-electron chi connectivity index (χ3n) is 1.97. The number of esters is 1. The van der Waals surface area contributed by atoms with Crippen LogP contribution in [0.2, 0.25) is 0 Å². The molecule has 4 N–H and O–H groups in total. The fraction of sp³-hybridized carbons (Fsp3) is 0.273. The van der Waals surface area contributed by atoms with Gasteiger partial charge in [0.25, 0.3) is 10.1 Å². The van der Waals surface area contributed by atoms with E-state index >= 15 is 0 Å². The van der Waals surface area contributed by atoms with E-state index in [1.807, 2.05) is 0 Å². The minimum absolute atomic E-state index is 0.0741. The van der Waals surface area contributed by atoms with Crippen LogP contribution in [0.4, 0.5) is 0 Å². The standard InChI is InChI=1S/C6H6O3S.C5H9NO4/c7-10(8,9)6-4-2-1-3-5-6;1-10-4(7)2-3(6)5(8)9/h1-5H,(H,7,8,9);3H,2,6H2,1H3,(H,8,9)/t;3-/m.0/s1. The van der Waals surface area contributed by atoms with Crippen molar-refractivity contribution >= 4 is 22.1 Å². The number of ether oxygens (including phenoxy) is 1. The highest BCUT2D eigenvalue weighted by Gasteiger charge is 2.15. The molecule has 0 spiro atoms. The molecule has 0 saturated heterocycles. The second-order valence-electron chi connectivity index (χ2n) is 3.51. The van der Waals surface area contributed by atoms with E-state index in [1.54, 1.807) is 18.2 Å². The minimum Gasteiger partial charge on any atom is -0.480 e. The normalized spacial score (nSPS) is 11.8. The van der Waals surface area contributed by atoms with Crippen molar-refractivity contribution in [1.29, 1.82) is 0 Å². The number of nitrogens with two attached hydrogens (primary N) is 1. The Kier molecular flexibility index (Phi) is 7.44. The Balaban J connectivity index is 0.000000361. The maximum absolute atomic E-state index is 10.4. The molecule has 1 rings (SSSR count). The number of rotatable bonds is 4. The topological polar surface area (TPSA) is 144 Å². The number of carboxylic acids is 1. The summed E-state index contributed by atoms with van der Waals surface area (Å²) in [5.41, 5.74) is 4.99. The smallest absolute Gasteiger partial charge is 0.321 e. The Hall–Kier alpha value is -1.97. The van der Waals surface area contributed by atoms with E-state index in [0.29, 0.717) is 0 Å². The number of benzene rings is 1. The van der Waals surface area contributed by atoms with Gasteiger partial charge in [0.05, 0.1) is 18.4 Å². The van der Waals surface area contributed by atoms with Crippen molar-refractivity contribution in [3.05, 3.63) is 30.3 Å². The van der Waals surface area contributed by atoms with Crippen molar-refractivity contribution in [2.75, 3.05) is 7.11 Å². The zero-order chi connectivity index (χ0) is 15.8. The first-order chi connectivity index (χ1) is 9.18. The number of carboxylic acid groups (broad SMARTS) is 1. The van der Waals surface area contributed by atoms with E-state index in [2.05, 4.69) is 4.74 Å². The van der Waals surface area contributed by atoms with Gasteiger partial charge in [0.15, 0.2) is 0 Å². The number of carbonyl (C=O) groups excluding carboxylic acids is 1. The van der Waals surface area contributed by atoms with Crippen LogP contribution in [-0.2, 0) is 24.4 Å². The largest absolute Gasteiger partial charge is 0.480 e. The fourth-order valence-electron chi connectivity index (χ4n) is 0.943. The zero-order valence-corrected chi connectivity index (χ0v) is 11.4. The van der Waals surface area contributed by atoms with Crippen LogP contribution < -0.4 is 5.73 Å². The van der Waals surface area contributed by atoms with Gasteiger partial charge >= 0.3 is 11.9 Å². The lowest BCUT2D eigenvalue weighted by Gasteiger charge is -2.02. The van der Waals surface area contributed by atoms with Gasteiger partial charge in [0.1, 0.15) is 6.04 Å². The van der Waals surface area contributed by atoms with Crippen molar-refractivity contribution in [2.24, 2.45) is 5.73 Å². The Labute approximate surface area is 115 Å². The molecule has 20 heavy (non-hydrogen) atoms. The van der Waals surface area contributed by atoms with Gasteiger partial charge < -0.3 is 15.6 Å². The van der Waals surface area contributed by atoms with Crippen molar-refractivity contribution < 1.29 is 32.4 Å². The first-order valence-corrected chi connectivity index (χ1v) is 6.70. The summed E-state index contributed by atoms with van der Waals surface area (Å²) in [4.78, 5) is 20.3. The summed E-state index contributed by atoms with van der Waals surface area (Å²) in [7, 11) is -2.83. The maximum Gasteiger partial charge on any atom is 0.321 e. The van der Waals surface area contributed by atoms with Crippen LogP contribution in [-0.4, -0.2) is 43.2 Å². The first kappa shape index (κ1) is 18.0. The molecule has 0 fully saturated rings. The SMILES string of the molecule is COC(=O)C[C@H](N)C(=O)O.O=S(=O)(O)c1ccccc1. The van der Waals surface area contributed by atoms with Crippen LogP contribution in [0.5, 0.6) is 0 Å². The van der Waals surface area contributed by atoms with Crippen LogP contribution in [0.1, 0.15) is 6.42 Å². The van der Waals surface area contributed by atoms with Gasteiger partial charge in [-0.3, -0.25) is 14.1 Å². The van der Waals surface area contributed by atoms with Crippen LogP contribution in [0.3, 0.4) is 0 Å². The quantitative estimate of drug-likeness (QED) is 0.516. The van der Waals surface area contributed by atoms with Gasteiger partial charge in [-0.1, -0.05) is 18.2 Å². The average Bonchev–Trinajstić information content (AvgIpc) is 2.39. The van der Waals surface area contributed by atoms with Crippen LogP contribution in [0.15, 0.2) is 35.2 Å². The van der Waals surface area contributed by atoms with Gasteiger partial charge in [0.2, 0.25) is 0 Å². The molecule has 0 aliphatic rings. The molecule has 0 unspecified atom stereocenters. The Morgan fingerprint density at radius 2 is 1.80 bits per heavy atom. The van der Waals surface area contributed by atoms with Crippen molar-refractivity contribution in [2.45, 2.75) is 17.4 Å². The summed E-state index contributed by atoms with van der Waals surface area (Å²) in [5, 5.41) is 8.19. The summed E-state index contributed by atoms with van der Waals surface area (Å²) in [5.74, 6) is -1.82. The summed E-state index contributed by atoms with van der Waals surface area (Å²) in [6.07, 6.45) is -0.286. The fourth-order valence-corrected chi connectivity index (χ4v) is 1.44. The Morgan fingerprint density at radius 1 is 1.30 bits per heavy atom. The highest BCUT2D eigenvalue weighted by molar-refractivity contribution is 7.85. The molecule has 0 aliphatic carbocycles. The molecule has 112 valence electrons. The van der Waals surface area contributed by atoms with Crippen LogP contribution in [0, 0.1) is 0 Å². The van der Waals surface area contributed by atoms with E-state index < -0.39 is 28.1 Å². The molecule has 9 heteroatoms. The van der Waals surface area contributed by atoms with Gasteiger partial charge in [0, 0.05) is 0 Å². The predicted molar refractivity (Wildman–Crippen MR) is 68.5 cm³/mol. The summed E-state index contributed by atoms with van der Waals surface area (Å²) >= 11 is 0. The molecule has 0 saturated carbocycles. The molecule has 0 heterocycles. The van der Waals surface area contributed by atoms with E-state index in [9.17, 15) is 18.0 Å². The van der Waals surface area contributed by atoms with Crippen molar-refractivity contribution in [3.8, 4) is 0 Å². The van der Waals surface area contributed by atoms with E-state index in [-0.39, 0.29) is 11.3 Å². The van der Waals surface area contributed by atoms with Crippen molar-refractivity contribution in [3.63, 3.8) is 0 Å². The monoisotopic (exact) mass is 305 g/mol. The molecule has 0 bridgehead atoms. The molecule has 8 nitrogen and oxygen atoms in total. The van der Waals surface area contributed by atoms with Crippen molar-refractivity contribution in [1.82, 2.24) is 0 Å². The zero-order valence-electron chi connectivity index (χ0n) is 10.6. The predicted octanol–water partition coefficient (Wildman–Crippen LogP) is -0.105. The number of aliphatic carboxylic acids is 1. The second-order valence-corrected chi connectivity index (χ2v) is 4.93. The molecule has 0 aromatic heterocycles. The van der Waals surface area contributed by atoms with E-state index in [4.69, 9.17) is 15.4 Å². The maximum atomic E-state index is 10.4. The molecule has 1 aromatic carbocycles. The first-order valence-electron chi connectivity index (χ1n) is 5.26. The number of carbonyl (C=O) groups is 2. The minimum atomic E-state index is -4.00. The number of hydrogen-bond acceptors (Lipinski definition) is 6. The van der Waals surface area contributed by atoms with Gasteiger partial charge in [-0.2, -0.15) is 8.42 Å². The Morgan fingerprint density at radius 3 is 2.10 bits per heavy atom. The van der Waals surface area contributed by atoms with Gasteiger partial charge in [-0.25, -0.2) is 0 Å². The summed E-state index contributed by atoms with van der Waals surface area (Å²) in [6.45, 7) is 0. The molecule has 0 aliphatic heterocycles. The van der Waals surface area contributed by atoms with E-state index in [1.165, 1.54) is 19.2 Å². The van der Waals surface area contributed by atoms with Crippen LogP contribution in [0.25, 0.3) is 0 Å². The molecular formula is C11H15NO7S.